The average Bonchev–Trinajstić information content (AvgIpc) is 2.64. The van der Waals surface area contributed by atoms with Crippen LogP contribution in [-0.4, -0.2) is 18.0 Å². The van der Waals surface area contributed by atoms with Crippen molar-refractivity contribution in [2.24, 2.45) is 0 Å². The average molecular weight is 205 g/mol. The fourth-order valence-electron chi connectivity index (χ4n) is 1.68. The van der Waals surface area contributed by atoms with Crippen LogP contribution < -0.4 is 0 Å². The van der Waals surface area contributed by atoms with E-state index in [2.05, 4.69) is 54.0 Å². The Morgan fingerprint density at radius 3 is 3.07 bits per heavy atom. The minimum Gasteiger partial charge on any atom is -0.374 e. The zero-order valence-electron chi connectivity index (χ0n) is 8.60. The van der Waals surface area contributed by atoms with Crippen LogP contribution in [0.25, 0.3) is 0 Å². The standard InChI is InChI=1S/C12H15NS/c1-10-3-5-13(2)12(7-10)8-11-4-6-14-9-11/h3-7,9,12H,8H2,1-2H3. The first-order chi connectivity index (χ1) is 6.75. The lowest BCUT2D eigenvalue weighted by molar-refractivity contribution is 0.376. The van der Waals surface area contributed by atoms with Gasteiger partial charge in [0.25, 0.3) is 0 Å². The van der Waals surface area contributed by atoms with Crippen LogP contribution in [0.3, 0.4) is 0 Å². The number of hydrogen-bond acceptors (Lipinski definition) is 2. The molecule has 2 heteroatoms. The molecular weight excluding hydrogens is 190 g/mol. The van der Waals surface area contributed by atoms with E-state index in [0.29, 0.717) is 6.04 Å². The predicted molar refractivity (Wildman–Crippen MR) is 62.5 cm³/mol. The summed E-state index contributed by atoms with van der Waals surface area (Å²) in [6.07, 6.45) is 7.76. The molecule has 1 unspecified atom stereocenters. The molecule has 0 saturated heterocycles. The van der Waals surface area contributed by atoms with E-state index < -0.39 is 0 Å². The van der Waals surface area contributed by atoms with Gasteiger partial charge in [0.05, 0.1) is 6.04 Å². The van der Waals surface area contributed by atoms with Gasteiger partial charge in [0.15, 0.2) is 0 Å². The molecular formula is C12H15NS. The minimum absolute atomic E-state index is 0.523. The molecule has 2 heterocycles. The zero-order valence-corrected chi connectivity index (χ0v) is 9.42. The summed E-state index contributed by atoms with van der Waals surface area (Å²) in [5.74, 6) is 0. The summed E-state index contributed by atoms with van der Waals surface area (Å²) in [6.45, 7) is 2.16. The number of nitrogens with zero attached hydrogens (tertiary/aromatic N) is 1. The number of likely N-dealkylation sites (N-methyl/N-ethyl adjacent to an activating group) is 1. The predicted octanol–water partition coefficient (Wildman–Crippen LogP) is 3.06. The van der Waals surface area contributed by atoms with Crippen LogP contribution >= 0.6 is 11.3 Å². The second kappa shape index (κ2) is 4.01. The summed E-state index contributed by atoms with van der Waals surface area (Å²) in [5, 5.41) is 4.37. The van der Waals surface area contributed by atoms with Gasteiger partial charge in [-0.2, -0.15) is 11.3 Å². The SMILES string of the molecule is CC1=CC(Cc2ccsc2)N(C)C=C1. The summed E-state index contributed by atoms with van der Waals surface area (Å²) in [4.78, 5) is 2.27. The lowest BCUT2D eigenvalue weighted by Crippen LogP contribution is -2.29. The van der Waals surface area contributed by atoms with Crippen molar-refractivity contribution < 1.29 is 0 Å². The molecule has 1 nitrogen and oxygen atoms in total. The summed E-state index contributed by atoms with van der Waals surface area (Å²) >= 11 is 1.77. The summed E-state index contributed by atoms with van der Waals surface area (Å²) in [5.41, 5.74) is 2.80. The first-order valence-corrected chi connectivity index (χ1v) is 5.79. The second-order valence-corrected chi connectivity index (χ2v) is 4.57. The van der Waals surface area contributed by atoms with Crippen molar-refractivity contribution in [2.75, 3.05) is 7.05 Å². The Hall–Kier alpha value is -1.02. The highest BCUT2D eigenvalue weighted by Crippen LogP contribution is 2.17. The Morgan fingerprint density at radius 1 is 1.50 bits per heavy atom. The molecule has 1 aliphatic heterocycles. The number of rotatable bonds is 2. The molecule has 0 aromatic carbocycles. The van der Waals surface area contributed by atoms with Crippen molar-refractivity contribution in [3.05, 3.63) is 46.3 Å². The third-order valence-corrected chi connectivity index (χ3v) is 3.31. The van der Waals surface area contributed by atoms with Crippen molar-refractivity contribution in [1.82, 2.24) is 4.90 Å². The molecule has 14 heavy (non-hydrogen) atoms. The molecule has 1 atom stereocenters. The molecule has 0 saturated carbocycles. The van der Waals surface area contributed by atoms with Crippen LogP contribution in [0.1, 0.15) is 12.5 Å². The van der Waals surface area contributed by atoms with Crippen molar-refractivity contribution in [1.29, 1.82) is 0 Å². The Bertz CT molecular complexity index is 348. The fraction of sp³-hybridized carbons (Fsp3) is 0.333. The molecule has 0 aliphatic carbocycles. The summed E-state index contributed by atoms with van der Waals surface area (Å²) < 4.78 is 0. The van der Waals surface area contributed by atoms with Crippen LogP contribution in [0.15, 0.2) is 40.8 Å². The largest absolute Gasteiger partial charge is 0.374 e. The Balaban J connectivity index is 2.08. The smallest absolute Gasteiger partial charge is 0.0510 e. The maximum Gasteiger partial charge on any atom is 0.0510 e. The quantitative estimate of drug-likeness (QED) is 0.717. The monoisotopic (exact) mass is 205 g/mol. The topological polar surface area (TPSA) is 3.24 Å². The van der Waals surface area contributed by atoms with E-state index in [1.807, 2.05) is 0 Å². The van der Waals surface area contributed by atoms with Gasteiger partial charge < -0.3 is 4.90 Å². The van der Waals surface area contributed by atoms with E-state index in [1.54, 1.807) is 11.3 Å². The van der Waals surface area contributed by atoms with Crippen LogP contribution in [0.2, 0.25) is 0 Å². The lowest BCUT2D eigenvalue weighted by atomic mass is 10.0. The molecule has 2 rings (SSSR count). The summed E-state index contributed by atoms with van der Waals surface area (Å²) in [6, 6.07) is 2.73. The Labute approximate surface area is 89.4 Å². The van der Waals surface area contributed by atoms with E-state index in [1.165, 1.54) is 11.1 Å². The third kappa shape index (κ3) is 2.07. The highest BCUT2D eigenvalue weighted by atomic mass is 32.1. The molecule has 0 spiro atoms. The maximum atomic E-state index is 2.33. The maximum absolute atomic E-state index is 2.33. The van der Waals surface area contributed by atoms with Crippen molar-refractivity contribution in [3.63, 3.8) is 0 Å². The molecule has 0 amide bonds. The Morgan fingerprint density at radius 2 is 2.36 bits per heavy atom. The molecule has 1 aliphatic rings. The molecule has 0 N–H and O–H groups in total. The van der Waals surface area contributed by atoms with E-state index in [0.717, 1.165) is 6.42 Å². The van der Waals surface area contributed by atoms with E-state index in [-0.39, 0.29) is 0 Å². The first-order valence-electron chi connectivity index (χ1n) is 4.85. The van der Waals surface area contributed by atoms with E-state index >= 15 is 0 Å². The van der Waals surface area contributed by atoms with Gasteiger partial charge in [0.1, 0.15) is 0 Å². The van der Waals surface area contributed by atoms with Crippen molar-refractivity contribution in [2.45, 2.75) is 19.4 Å². The van der Waals surface area contributed by atoms with Gasteiger partial charge in [-0.3, -0.25) is 0 Å². The highest BCUT2D eigenvalue weighted by molar-refractivity contribution is 7.07. The fourth-order valence-corrected chi connectivity index (χ4v) is 2.36. The Kier molecular flexibility index (Phi) is 2.73. The van der Waals surface area contributed by atoms with Crippen LogP contribution in [-0.2, 0) is 6.42 Å². The third-order valence-electron chi connectivity index (χ3n) is 2.58. The van der Waals surface area contributed by atoms with Gasteiger partial charge in [-0.25, -0.2) is 0 Å². The summed E-state index contributed by atoms with van der Waals surface area (Å²) in [7, 11) is 2.14. The normalized spacial score (nSPS) is 21.1. The van der Waals surface area contributed by atoms with Gasteiger partial charge in [0.2, 0.25) is 0 Å². The lowest BCUT2D eigenvalue weighted by Gasteiger charge is -2.27. The van der Waals surface area contributed by atoms with E-state index in [9.17, 15) is 0 Å². The molecule has 0 fully saturated rings. The molecule has 1 aromatic rings. The van der Waals surface area contributed by atoms with Crippen LogP contribution in [0.4, 0.5) is 0 Å². The number of thiophene rings is 1. The van der Waals surface area contributed by atoms with Gasteiger partial charge in [0, 0.05) is 7.05 Å². The number of hydrogen-bond donors (Lipinski definition) is 0. The van der Waals surface area contributed by atoms with E-state index in [4.69, 9.17) is 0 Å². The number of allylic oxidation sites excluding steroid dienone is 2. The molecule has 0 bridgehead atoms. The first kappa shape index (κ1) is 9.53. The van der Waals surface area contributed by atoms with Crippen molar-refractivity contribution in [3.8, 4) is 0 Å². The van der Waals surface area contributed by atoms with Gasteiger partial charge in [-0.15, -0.1) is 0 Å². The second-order valence-electron chi connectivity index (χ2n) is 3.79. The molecule has 1 aromatic heterocycles. The van der Waals surface area contributed by atoms with Gasteiger partial charge >= 0.3 is 0 Å². The van der Waals surface area contributed by atoms with Gasteiger partial charge in [-0.1, -0.05) is 11.6 Å². The molecule has 74 valence electrons. The van der Waals surface area contributed by atoms with Crippen LogP contribution in [0, 0.1) is 0 Å². The molecule has 0 radical (unpaired) electrons. The van der Waals surface area contributed by atoms with Gasteiger partial charge in [-0.05, 0) is 48.0 Å². The zero-order chi connectivity index (χ0) is 9.97. The highest BCUT2D eigenvalue weighted by Gasteiger charge is 2.12. The van der Waals surface area contributed by atoms with Crippen molar-refractivity contribution >= 4 is 11.3 Å². The van der Waals surface area contributed by atoms with Crippen LogP contribution in [0.5, 0.6) is 0 Å². The minimum atomic E-state index is 0.523.